The number of likely N-dealkylation sites (N-methyl/N-ethyl adjacent to an activating group) is 1. The van der Waals surface area contributed by atoms with Crippen molar-refractivity contribution in [3.63, 3.8) is 0 Å². The molecule has 4 heteroatoms. The van der Waals surface area contributed by atoms with Crippen molar-refractivity contribution in [2.24, 2.45) is 5.92 Å². The van der Waals surface area contributed by atoms with Crippen molar-refractivity contribution in [2.75, 3.05) is 33.7 Å². The van der Waals surface area contributed by atoms with Crippen LogP contribution in [0.2, 0.25) is 0 Å². The van der Waals surface area contributed by atoms with Crippen LogP contribution in [0.4, 0.5) is 0 Å². The Morgan fingerprint density at radius 3 is 2.64 bits per heavy atom. The average molecular weight is 303 g/mol. The topological polar surface area (TPSA) is 35.6 Å². The summed E-state index contributed by atoms with van der Waals surface area (Å²) in [6, 6.07) is 10.0. The molecule has 1 fully saturated rings. The summed E-state index contributed by atoms with van der Waals surface area (Å²) in [5.41, 5.74) is 1.35. The SMILES string of the molecule is CN(CC(=O)NCc1ccccc1)C[C@@H]1CCN(C)C1(C)C. The van der Waals surface area contributed by atoms with E-state index in [1.165, 1.54) is 6.42 Å². The normalized spacial score (nSPS) is 21.2. The number of nitrogens with zero attached hydrogens (tertiary/aromatic N) is 2. The Hall–Kier alpha value is -1.39. The van der Waals surface area contributed by atoms with Gasteiger partial charge in [-0.15, -0.1) is 0 Å². The van der Waals surface area contributed by atoms with Gasteiger partial charge in [-0.25, -0.2) is 0 Å². The molecule has 2 rings (SSSR count). The molecule has 0 aromatic heterocycles. The lowest BCUT2D eigenvalue weighted by Crippen LogP contribution is -2.45. The lowest BCUT2D eigenvalue weighted by atomic mass is 9.88. The zero-order chi connectivity index (χ0) is 16.2. The molecule has 0 spiro atoms. The van der Waals surface area contributed by atoms with Gasteiger partial charge in [0.05, 0.1) is 6.54 Å². The standard InChI is InChI=1S/C18H29N3O/c1-18(2)16(10-11-21(18)4)13-20(3)14-17(22)19-12-15-8-6-5-7-9-15/h5-9,16H,10-14H2,1-4H3,(H,19,22)/t16-/m0/s1. The van der Waals surface area contributed by atoms with Crippen molar-refractivity contribution in [1.82, 2.24) is 15.1 Å². The molecule has 122 valence electrons. The molecule has 1 aliphatic rings. The number of likely N-dealkylation sites (tertiary alicyclic amines) is 1. The number of nitrogens with one attached hydrogen (secondary N) is 1. The molecule has 1 atom stereocenters. The molecular weight excluding hydrogens is 274 g/mol. The van der Waals surface area contributed by atoms with Gasteiger partial charge in [0.15, 0.2) is 0 Å². The zero-order valence-electron chi connectivity index (χ0n) is 14.3. The van der Waals surface area contributed by atoms with E-state index in [0.717, 1.165) is 18.7 Å². The smallest absolute Gasteiger partial charge is 0.234 e. The van der Waals surface area contributed by atoms with Gasteiger partial charge < -0.3 is 10.2 Å². The van der Waals surface area contributed by atoms with Crippen molar-refractivity contribution in [3.05, 3.63) is 35.9 Å². The van der Waals surface area contributed by atoms with Crippen LogP contribution in [0.1, 0.15) is 25.8 Å². The molecule has 1 heterocycles. The third-order valence-corrected chi connectivity index (χ3v) is 5.07. The van der Waals surface area contributed by atoms with Gasteiger partial charge in [-0.05, 0) is 52.4 Å². The average Bonchev–Trinajstić information content (AvgIpc) is 2.73. The molecule has 0 unspecified atom stereocenters. The second-order valence-electron chi connectivity index (χ2n) is 7.02. The van der Waals surface area contributed by atoms with Gasteiger partial charge in [0.2, 0.25) is 5.91 Å². The number of benzene rings is 1. The quantitative estimate of drug-likeness (QED) is 0.873. The van der Waals surface area contributed by atoms with Gasteiger partial charge in [-0.3, -0.25) is 9.69 Å². The summed E-state index contributed by atoms with van der Waals surface area (Å²) in [6.45, 7) is 7.78. The second-order valence-corrected chi connectivity index (χ2v) is 7.02. The van der Waals surface area contributed by atoms with E-state index >= 15 is 0 Å². The number of carbonyl (C=O) groups excluding carboxylic acids is 1. The minimum Gasteiger partial charge on any atom is -0.351 e. The van der Waals surface area contributed by atoms with Crippen molar-refractivity contribution in [3.8, 4) is 0 Å². The third-order valence-electron chi connectivity index (χ3n) is 5.07. The Bertz CT molecular complexity index is 486. The summed E-state index contributed by atoms with van der Waals surface area (Å²) in [7, 11) is 4.23. The van der Waals surface area contributed by atoms with Crippen molar-refractivity contribution >= 4 is 5.91 Å². The van der Waals surface area contributed by atoms with Crippen LogP contribution in [0, 0.1) is 5.92 Å². The van der Waals surface area contributed by atoms with Crippen LogP contribution in [0.3, 0.4) is 0 Å². The fourth-order valence-corrected chi connectivity index (χ4v) is 3.16. The molecule has 22 heavy (non-hydrogen) atoms. The maximum absolute atomic E-state index is 12.1. The van der Waals surface area contributed by atoms with Crippen molar-refractivity contribution in [1.29, 1.82) is 0 Å². The summed E-state index contributed by atoms with van der Waals surface area (Å²) in [4.78, 5) is 16.6. The Morgan fingerprint density at radius 1 is 1.36 bits per heavy atom. The lowest BCUT2D eigenvalue weighted by molar-refractivity contribution is -0.122. The van der Waals surface area contributed by atoms with E-state index in [1.807, 2.05) is 37.4 Å². The highest BCUT2D eigenvalue weighted by atomic mass is 16.2. The highest BCUT2D eigenvalue weighted by molar-refractivity contribution is 5.77. The maximum atomic E-state index is 12.1. The van der Waals surface area contributed by atoms with E-state index in [0.29, 0.717) is 19.0 Å². The van der Waals surface area contributed by atoms with Gasteiger partial charge in [-0.2, -0.15) is 0 Å². The third kappa shape index (κ3) is 4.31. The van der Waals surface area contributed by atoms with Crippen LogP contribution in [-0.4, -0.2) is 55.0 Å². The first-order valence-electron chi connectivity index (χ1n) is 8.10. The largest absolute Gasteiger partial charge is 0.351 e. The summed E-state index contributed by atoms with van der Waals surface area (Å²) in [5.74, 6) is 0.708. The van der Waals surface area contributed by atoms with Crippen LogP contribution < -0.4 is 5.32 Å². The molecule has 1 aromatic carbocycles. The second kappa shape index (κ2) is 7.25. The monoisotopic (exact) mass is 303 g/mol. The van der Waals surface area contributed by atoms with Crippen LogP contribution in [-0.2, 0) is 11.3 Å². The predicted molar refractivity (Wildman–Crippen MR) is 90.6 cm³/mol. The minimum atomic E-state index is 0.0931. The summed E-state index contributed by atoms with van der Waals surface area (Å²) >= 11 is 0. The highest BCUT2D eigenvalue weighted by Crippen LogP contribution is 2.33. The molecule has 4 nitrogen and oxygen atoms in total. The van der Waals surface area contributed by atoms with E-state index < -0.39 is 0 Å². The van der Waals surface area contributed by atoms with Crippen molar-refractivity contribution in [2.45, 2.75) is 32.4 Å². The predicted octanol–water partition coefficient (Wildman–Crippen LogP) is 1.96. The zero-order valence-corrected chi connectivity index (χ0v) is 14.3. The van der Waals surface area contributed by atoms with Crippen LogP contribution >= 0.6 is 0 Å². The first kappa shape index (κ1) is 17.0. The first-order chi connectivity index (χ1) is 10.4. The number of amides is 1. The highest BCUT2D eigenvalue weighted by Gasteiger charge is 2.39. The molecule has 0 bridgehead atoms. The molecule has 0 saturated carbocycles. The number of carbonyl (C=O) groups is 1. The van der Waals surface area contributed by atoms with E-state index in [9.17, 15) is 4.79 Å². The van der Waals surface area contributed by atoms with Gasteiger partial charge in [0.1, 0.15) is 0 Å². The lowest BCUT2D eigenvalue weighted by Gasteiger charge is -2.35. The number of rotatable bonds is 6. The van der Waals surface area contributed by atoms with Crippen molar-refractivity contribution < 1.29 is 4.79 Å². The Labute approximate surface area is 134 Å². The van der Waals surface area contributed by atoms with Gasteiger partial charge in [0, 0.05) is 18.6 Å². The van der Waals surface area contributed by atoms with Gasteiger partial charge >= 0.3 is 0 Å². The minimum absolute atomic E-state index is 0.0931. The van der Waals surface area contributed by atoms with E-state index in [-0.39, 0.29) is 11.4 Å². The Morgan fingerprint density at radius 2 is 2.05 bits per heavy atom. The molecule has 1 saturated heterocycles. The summed E-state index contributed by atoms with van der Waals surface area (Å²) in [6.07, 6.45) is 1.21. The molecule has 1 aliphatic heterocycles. The van der Waals surface area contributed by atoms with E-state index in [2.05, 4.69) is 36.0 Å². The van der Waals surface area contributed by atoms with Crippen LogP contribution in [0.5, 0.6) is 0 Å². The molecule has 1 amide bonds. The fourth-order valence-electron chi connectivity index (χ4n) is 3.16. The van der Waals surface area contributed by atoms with Gasteiger partial charge in [-0.1, -0.05) is 30.3 Å². The number of hydrogen-bond acceptors (Lipinski definition) is 3. The summed E-state index contributed by atoms with van der Waals surface area (Å²) < 4.78 is 0. The van der Waals surface area contributed by atoms with Crippen LogP contribution in [0.25, 0.3) is 0 Å². The summed E-state index contributed by atoms with van der Waals surface area (Å²) in [5, 5.41) is 2.99. The number of hydrogen-bond donors (Lipinski definition) is 1. The Balaban J connectivity index is 1.75. The molecule has 1 N–H and O–H groups in total. The van der Waals surface area contributed by atoms with Gasteiger partial charge in [0.25, 0.3) is 0 Å². The molecule has 0 radical (unpaired) electrons. The fraction of sp³-hybridized carbons (Fsp3) is 0.611. The van der Waals surface area contributed by atoms with Crippen LogP contribution in [0.15, 0.2) is 30.3 Å². The Kier molecular flexibility index (Phi) is 5.59. The first-order valence-corrected chi connectivity index (χ1v) is 8.10. The van der Waals surface area contributed by atoms with E-state index in [1.54, 1.807) is 0 Å². The molecule has 1 aromatic rings. The van der Waals surface area contributed by atoms with E-state index in [4.69, 9.17) is 0 Å². The maximum Gasteiger partial charge on any atom is 0.234 e. The molecule has 0 aliphatic carbocycles. The molecular formula is C18H29N3O.